The number of imidazole rings is 1. The van der Waals surface area contributed by atoms with E-state index in [0.29, 0.717) is 32.1 Å². The molecule has 0 aliphatic heterocycles. The first-order chi connectivity index (χ1) is 13.4. The van der Waals surface area contributed by atoms with Crippen molar-refractivity contribution in [1.29, 1.82) is 0 Å². The van der Waals surface area contributed by atoms with Crippen LogP contribution in [0.2, 0.25) is 15.1 Å². The summed E-state index contributed by atoms with van der Waals surface area (Å²) in [6.45, 7) is 1.96. The van der Waals surface area contributed by atoms with Crippen LogP contribution in [-0.2, 0) is 0 Å². The molecular weight excluding hydrogens is 417 g/mol. The topological polar surface area (TPSA) is 46.4 Å². The van der Waals surface area contributed by atoms with Gasteiger partial charge < -0.3 is 5.32 Å². The molecule has 1 N–H and O–H groups in total. The fourth-order valence-corrected chi connectivity index (χ4v) is 3.37. The van der Waals surface area contributed by atoms with Crippen LogP contribution in [0, 0.1) is 6.92 Å². The molecule has 140 valence electrons. The molecule has 0 fully saturated rings. The third kappa shape index (κ3) is 3.47. The number of aryl methyl sites for hydroxylation is 1. The Labute approximate surface area is 176 Å². The first-order valence-corrected chi connectivity index (χ1v) is 9.57. The smallest absolute Gasteiger partial charge is 0.256 e. The molecule has 0 saturated heterocycles. The summed E-state index contributed by atoms with van der Waals surface area (Å²) in [6, 6.07) is 15.8. The van der Waals surface area contributed by atoms with Gasteiger partial charge in [0.05, 0.1) is 10.0 Å². The van der Waals surface area contributed by atoms with E-state index in [2.05, 4.69) is 5.32 Å². The molecule has 0 radical (unpaired) electrons. The number of halogens is 3. The average Bonchev–Trinajstić information content (AvgIpc) is 3.04. The van der Waals surface area contributed by atoms with Crippen molar-refractivity contribution in [1.82, 2.24) is 9.38 Å². The first-order valence-electron chi connectivity index (χ1n) is 8.44. The summed E-state index contributed by atoms with van der Waals surface area (Å²) in [6.07, 6.45) is 1.85. The molecule has 0 atom stereocenters. The van der Waals surface area contributed by atoms with Crippen molar-refractivity contribution in [3.63, 3.8) is 0 Å². The number of hydrogen-bond acceptors (Lipinski definition) is 2. The third-order valence-electron chi connectivity index (χ3n) is 4.38. The van der Waals surface area contributed by atoms with E-state index in [9.17, 15) is 4.79 Å². The fraction of sp³-hybridized carbons (Fsp3) is 0.0476. The molecule has 4 nitrogen and oxygen atoms in total. The molecule has 2 heterocycles. The second-order valence-electron chi connectivity index (χ2n) is 6.28. The average molecular weight is 431 g/mol. The van der Waals surface area contributed by atoms with Gasteiger partial charge in [-0.3, -0.25) is 9.20 Å². The van der Waals surface area contributed by atoms with Crippen LogP contribution in [0.1, 0.15) is 15.9 Å². The monoisotopic (exact) mass is 429 g/mol. The number of carbonyl (C=O) groups is 1. The molecule has 1 amide bonds. The molecule has 0 aliphatic rings. The van der Waals surface area contributed by atoms with E-state index < -0.39 is 0 Å². The Balaban J connectivity index is 1.85. The van der Waals surface area contributed by atoms with Gasteiger partial charge in [0.15, 0.2) is 0 Å². The number of rotatable bonds is 3. The maximum absolute atomic E-state index is 12.8. The zero-order chi connectivity index (χ0) is 19.8. The van der Waals surface area contributed by atoms with Crippen LogP contribution in [-0.4, -0.2) is 15.3 Å². The normalized spacial score (nSPS) is 11.0. The van der Waals surface area contributed by atoms with Gasteiger partial charge in [-0.1, -0.05) is 46.9 Å². The Morgan fingerprint density at radius 2 is 1.75 bits per heavy atom. The number of anilines is 1. The van der Waals surface area contributed by atoms with Gasteiger partial charge in [-0.15, -0.1) is 0 Å². The Kier molecular flexibility index (Phi) is 5.02. The van der Waals surface area contributed by atoms with E-state index >= 15 is 0 Å². The number of nitrogens with one attached hydrogen (secondary N) is 1. The molecule has 2 aromatic carbocycles. The lowest BCUT2D eigenvalue weighted by molar-refractivity contribution is 0.102. The van der Waals surface area contributed by atoms with Crippen molar-refractivity contribution in [3.05, 3.63) is 87.0 Å². The number of hydrogen-bond donors (Lipinski definition) is 1. The van der Waals surface area contributed by atoms with Crippen molar-refractivity contribution in [2.45, 2.75) is 6.92 Å². The van der Waals surface area contributed by atoms with Crippen LogP contribution < -0.4 is 5.32 Å². The highest BCUT2D eigenvalue weighted by Crippen LogP contribution is 2.34. The number of benzene rings is 2. The maximum Gasteiger partial charge on any atom is 0.256 e. The lowest BCUT2D eigenvalue weighted by Gasteiger charge is -2.09. The molecule has 0 spiro atoms. The summed E-state index contributed by atoms with van der Waals surface area (Å²) in [4.78, 5) is 17.6. The Morgan fingerprint density at radius 1 is 1.00 bits per heavy atom. The summed E-state index contributed by atoms with van der Waals surface area (Å²) in [5, 5.41) is 4.41. The van der Waals surface area contributed by atoms with Crippen LogP contribution in [0.25, 0.3) is 16.9 Å². The Hall–Kier alpha value is -2.53. The zero-order valence-corrected chi connectivity index (χ0v) is 17.0. The van der Waals surface area contributed by atoms with E-state index in [-0.39, 0.29) is 5.91 Å². The van der Waals surface area contributed by atoms with E-state index in [4.69, 9.17) is 39.8 Å². The highest BCUT2D eigenvalue weighted by Gasteiger charge is 2.19. The number of amides is 1. The van der Waals surface area contributed by atoms with Gasteiger partial charge in [0.2, 0.25) is 0 Å². The van der Waals surface area contributed by atoms with Gasteiger partial charge in [0.25, 0.3) is 5.91 Å². The molecule has 4 aromatic rings. The van der Waals surface area contributed by atoms with Crippen LogP contribution in [0.5, 0.6) is 0 Å². The number of pyridine rings is 1. The Bertz CT molecular complexity index is 1200. The lowest BCUT2D eigenvalue weighted by atomic mass is 10.1. The van der Waals surface area contributed by atoms with E-state index in [1.54, 1.807) is 36.4 Å². The minimum Gasteiger partial charge on any atom is -0.306 e. The first kappa shape index (κ1) is 18.8. The van der Waals surface area contributed by atoms with E-state index in [1.165, 1.54) is 0 Å². The van der Waals surface area contributed by atoms with Crippen molar-refractivity contribution < 1.29 is 4.79 Å². The van der Waals surface area contributed by atoms with Crippen molar-refractivity contribution in [3.8, 4) is 11.3 Å². The lowest BCUT2D eigenvalue weighted by Crippen LogP contribution is -2.14. The highest BCUT2D eigenvalue weighted by atomic mass is 35.5. The minimum absolute atomic E-state index is 0.263. The minimum atomic E-state index is -0.263. The van der Waals surface area contributed by atoms with Gasteiger partial charge in [-0.05, 0) is 55.0 Å². The number of nitrogens with zero attached hydrogens (tertiary/aromatic N) is 2. The largest absolute Gasteiger partial charge is 0.306 e. The molecular formula is C21H14Cl3N3O. The quantitative estimate of drug-likeness (QED) is 0.402. The van der Waals surface area contributed by atoms with Gasteiger partial charge in [0, 0.05) is 22.3 Å². The number of fused-ring (bicyclic) bond motifs is 1. The molecule has 0 unspecified atom stereocenters. The molecule has 0 aliphatic carbocycles. The predicted molar refractivity (Wildman–Crippen MR) is 115 cm³/mol. The Morgan fingerprint density at radius 3 is 2.46 bits per heavy atom. The predicted octanol–water partition coefficient (Wildman–Crippen LogP) is 6.52. The van der Waals surface area contributed by atoms with Crippen LogP contribution >= 0.6 is 34.8 Å². The van der Waals surface area contributed by atoms with Gasteiger partial charge >= 0.3 is 0 Å². The third-order valence-corrected chi connectivity index (χ3v) is 5.37. The second-order valence-corrected chi connectivity index (χ2v) is 7.53. The molecule has 28 heavy (non-hydrogen) atoms. The molecule has 7 heteroatoms. The fourth-order valence-electron chi connectivity index (χ4n) is 2.95. The van der Waals surface area contributed by atoms with Gasteiger partial charge in [-0.2, -0.15) is 0 Å². The number of aromatic nitrogens is 2. The molecule has 0 bridgehead atoms. The maximum atomic E-state index is 12.8. The van der Waals surface area contributed by atoms with Crippen molar-refractivity contribution in [2.75, 3.05) is 5.32 Å². The zero-order valence-electron chi connectivity index (χ0n) is 14.7. The second kappa shape index (κ2) is 7.47. The standard InChI is InChI=1S/C21H14Cl3N3O/c1-12-3-2-10-27-19(12)25-18(14-6-9-16(23)17(24)11-14)20(27)26-21(28)13-4-7-15(22)8-5-13/h2-11H,1H3,(H,26,28). The summed E-state index contributed by atoms with van der Waals surface area (Å²) < 4.78 is 1.85. The molecule has 2 aromatic heterocycles. The van der Waals surface area contributed by atoms with Gasteiger partial charge in [0.1, 0.15) is 17.2 Å². The SMILES string of the molecule is Cc1cccn2c(NC(=O)c3ccc(Cl)cc3)c(-c3ccc(Cl)c(Cl)c3)nc12. The van der Waals surface area contributed by atoms with E-state index in [0.717, 1.165) is 16.8 Å². The number of carbonyl (C=O) groups excluding carboxylic acids is 1. The van der Waals surface area contributed by atoms with Crippen LogP contribution in [0.4, 0.5) is 5.82 Å². The summed E-state index contributed by atoms with van der Waals surface area (Å²) in [5.41, 5.74) is 3.58. The van der Waals surface area contributed by atoms with E-state index in [1.807, 2.05) is 35.7 Å². The van der Waals surface area contributed by atoms with Crippen LogP contribution in [0.15, 0.2) is 60.8 Å². The summed E-state index contributed by atoms with van der Waals surface area (Å²) in [7, 11) is 0. The summed E-state index contributed by atoms with van der Waals surface area (Å²) >= 11 is 18.2. The summed E-state index contributed by atoms with van der Waals surface area (Å²) in [5.74, 6) is 0.290. The van der Waals surface area contributed by atoms with Crippen LogP contribution in [0.3, 0.4) is 0 Å². The molecule has 0 saturated carbocycles. The highest BCUT2D eigenvalue weighted by molar-refractivity contribution is 6.42. The molecule has 4 rings (SSSR count). The van der Waals surface area contributed by atoms with Crippen molar-refractivity contribution >= 4 is 52.2 Å². The van der Waals surface area contributed by atoms with Gasteiger partial charge in [-0.25, -0.2) is 4.98 Å². The van der Waals surface area contributed by atoms with Crippen molar-refractivity contribution in [2.24, 2.45) is 0 Å².